The molecule has 0 aromatic carbocycles. The highest BCUT2D eigenvalue weighted by Crippen LogP contribution is 2.33. The van der Waals surface area contributed by atoms with Gasteiger partial charge in [0.05, 0.1) is 17.7 Å². The molecule has 0 saturated carbocycles. The lowest BCUT2D eigenvalue weighted by atomic mass is 10.0. The van der Waals surface area contributed by atoms with Crippen LogP contribution >= 0.6 is 11.8 Å². The van der Waals surface area contributed by atoms with Gasteiger partial charge in [0.1, 0.15) is 0 Å². The number of nitrogens with one attached hydrogen (secondary N) is 3. The van der Waals surface area contributed by atoms with Gasteiger partial charge in [0.2, 0.25) is 5.91 Å². The number of rotatable bonds is 10. The summed E-state index contributed by atoms with van der Waals surface area (Å²) >= 11 is 1.92. The van der Waals surface area contributed by atoms with E-state index in [0.29, 0.717) is 24.8 Å². The number of unbranched alkanes of at least 4 members (excludes halogenated alkanes) is 1. The van der Waals surface area contributed by atoms with Gasteiger partial charge in [0.15, 0.2) is 0 Å². The Morgan fingerprint density at radius 3 is 2.92 bits per heavy atom. The third-order valence-corrected chi connectivity index (χ3v) is 6.17. The summed E-state index contributed by atoms with van der Waals surface area (Å²) in [4.78, 5) is 23.2. The predicted octanol–water partition coefficient (Wildman–Crippen LogP) is 2.03. The Labute approximate surface area is 149 Å². The molecule has 24 heavy (non-hydrogen) atoms. The highest BCUT2D eigenvalue weighted by molar-refractivity contribution is 8.00. The van der Waals surface area contributed by atoms with Crippen molar-refractivity contribution in [1.29, 1.82) is 0 Å². The van der Waals surface area contributed by atoms with Crippen LogP contribution in [-0.2, 0) is 9.53 Å². The molecule has 3 N–H and O–H groups in total. The first-order chi connectivity index (χ1) is 11.4. The first kappa shape index (κ1) is 19.4. The van der Waals surface area contributed by atoms with E-state index < -0.39 is 0 Å². The molecular weight excluding hydrogens is 326 g/mol. The molecule has 2 fully saturated rings. The average Bonchev–Trinajstić information content (AvgIpc) is 3.03. The number of fused-ring (bicyclic) bond motifs is 1. The van der Waals surface area contributed by atoms with Crippen molar-refractivity contribution in [1.82, 2.24) is 16.0 Å². The van der Waals surface area contributed by atoms with Gasteiger partial charge >= 0.3 is 6.03 Å². The molecule has 0 unspecified atom stereocenters. The number of thioether (sulfide) groups is 1. The van der Waals surface area contributed by atoms with Gasteiger partial charge in [-0.25, -0.2) is 4.79 Å². The smallest absolute Gasteiger partial charge is 0.315 e. The second kappa shape index (κ2) is 8.94. The molecule has 0 bridgehead atoms. The summed E-state index contributed by atoms with van der Waals surface area (Å²) in [6.45, 7) is 7.43. The van der Waals surface area contributed by atoms with E-state index in [-0.39, 0.29) is 29.6 Å². The zero-order chi connectivity index (χ0) is 17.6. The highest BCUT2D eigenvalue weighted by atomic mass is 32.2. The topological polar surface area (TPSA) is 79.5 Å². The van der Waals surface area contributed by atoms with Crippen LogP contribution in [0.4, 0.5) is 4.79 Å². The van der Waals surface area contributed by atoms with Gasteiger partial charge in [0, 0.05) is 30.6 Å². The molecule has 3 amide bonds. The molecule has 138 valence electrons. The van der Waals surface area contributed by atoms with Crippen molar-refractivity contribution >= 4 is 23.7 Å². The molecule has 2 aliphatic heterocycles. The molecule has 0 spiro atoms. The van der Waals surface area contributed by atoms with Crippen molar-refractivity contribution in [2.75, 3.05) is 18.9 Å². The molecule has 3 atom stereocenters. The molecular formula is C17H31N3O3S. The number of hydrogen-bond donors (Lipinski definition) is 3. The van der Waals surface area contributed by atoms with Crippen molar-refractivity contribution in [2.24, 2.45) is 0 Å². The van der Waals surface area contributed by atoms with Gasteiger partial charge in [0.25, 0.3) is 0 Å². The van der Waals surface area contributed by atoms with Crippen LogP contribution in [0.1, 0.15) is 52.9 Å². The van der Waals surface area contributed by atoms with E-state index in [1.165, 1.54) is 0 Å². The van der Waals surface area contributed by atoms with Crippen LogP contribution in [0.25, 0.3) is 0 Å². The van der Waals surface area contributed by atoms with E-state index >= 15 is 0 Å². The molecule has 0 aromatic heterocycles. The van der Waals surface area contributed by atoms with Gasteiger partial charge in [-0.05, 0) is 40.0 Å². The fourth-order valence-corrected chi connectivity index (χ4v) is 4.87. The first-order valence-electron chi connectivity index (χ1n) is 9.00. The SMILES string of the molecule is CCOC(C)(C)CCNC(=O)CCCC[C@@H]1SC[C@@H]2NC(=O)N[C@@H]21. The van der Waals surface area contributed by atoms with Crippen LogP contribution in [0.2, 0.25) is 0 Å². The zero-order valence-corrected chi connectivity index (χ0v) is 15.8. The van der Waals surface area contributed by atoms with Crippen LogP contribution in [0, 0.1) is 0 Å². The summed E-state index contributed by atoms with van der Waals surface area (Å²) in [5.41, 5.74) is -0.183. The Kier molecular flexibility index (Phi) is 7.22. The van der Waals surface area contributed by atoms with Gasteiger partial charge in [-0.2, -0.15) is 11.8 Å². The van der Waals surface area contributed by atoms with Crippen LogP contribution in [0.15, 0.2) is 0 Å². The summed E-state index contributed by atoms with van der Waals surface area (Å²) in [6, 6.07) is 0.506. The molecule has 0 aliphatic carbocycles. The van der Waals surface area contributed by atoms with Crippen LogP contribution < -0.4 is 16.0 Å². The summed E-state index contributed by atoms with van der Waals surface area (Å²) in [6.07, 6.45) is 4.37. The van der Waals surface area contributed by atoms with Crippen molar-refractivity contribution in [2.45, 2.75) is 75.8 Å². The number of urea groups is 1. The minimum Gasteiger partial charge on any atom is -0.376 e. The van der Waals surface area contributed by atoms with Gasteiger partial charge in [-0.3, -0.25) is 4.79 Å². The maximum absolute atomic E-state index is 11.9. The predicted molar refractivity (Wildman–Crippen MR) is 97.3 cm³/mol. The Bertz CT molecular complexity index is 445. The number of amides is 3. The molecule has 2 rings (SSSR count). The van der Waals surface area contributed by atoms with Crippen molar-refractivity contribution in [3.05, 3.63) is 0 Å². The molecule has 2 heterocycles. The van der Waals surface area contributed by atoms with Crippen LogP contribution in [-0.4, -0.2) is 53.8 Å². The number of carbonyl (C=O) groups excluding carboxylic acids is 2. The molecule has 2 aliphatic rings. The maximum Gasteiger partial charge on any atom is 0.315 e. The van der Waals surface area contributed by atoms with E-state index in [2.05, 4.69) is 16.0 Å². The Morgan fingerprint density at radius 2 is 2.17 bits per heavy atom. The minimum absolute atomic E-state index is 0.0374. The summed E-state index contributed by atoms with van der Waals surface area (Å²) in [7, 11) is 0. The summed E-state index contributed by atoms with van der Waals surface area (Å²) in [5.74, 6) is 1.11. The molecule has 6 nitrogen and oxygen atoms in total. The molecule has 2 saturated heterocycles. The normalized spacial score (nSPS) is 26.0. The Morgan fingerprint density at radius 1 is 1.38 bits per heavy atom. The summed E-state index contributed by atoms with van der Waals surface area (Å²) < 4.78 is 5.62. The highest BCUT2D eigenvalue weighted by Gasteiger charge is 2.42. The molecule has 7 heteroatoms. The average molecular weight is 358 g/mol. The van der Waals surface area contributed by atoms with Gasteiger partial charge < -0.3 is 20.7 Å². The number of carbonyl (C=O) groups is 2. The third kappa shape index (κ3) is 5.84. The largest absolute Gasteiger partial charge is 0.376 e. The van der Waals surface area contributed by atoms with E-state index in [1.54, 1.807) is 0 Å². The van der Waals surface area contributed by atoms with Crippen molar-refractivity contribution in [3.8, 4) is 0 Å². The van der Waals surface area contributed by atoms with Crippen molar-refractivity contribution < 1.29 is 14.3 Å². The fraction of sp³-hybridized carbons (Fsp3) is 0.882. The standard InChI is InChI=1S/C17H31N3O3S/c1-4-23-17(2,3)9-10-18-14(21)8-6-5-7-13-15-12(11-24-13)19-16(22)20-15/h12-13,15H,4-11H2,1-3H3,(H,18,21)(H2,19,20,22)/t12-,13-,15-/m0/s1. The minimum atomic E-state index is -0.183. The lowest BCUT2D eigenvalue weighted by Crippen LogP contribution is -2.36. The number of hydrogen-bond acceptors (Lipinski definition) is 4. The maximum atomic E-state index is 11.9. The van der Waals surface area contributed by atoms with E-state index in [0.717, 1.165) is 31.4 Å². The monoisotopic (exact) mass is 357 g/mol. The van der Waals surface area contributed by atoms with E-state index in [1.807, 2.05) is 32.5 Å². The lowest BCUT2D eigenvalue weighted by Gasteiger charge is -2.24. The first-order valence-corrected chi connectivity index (χ1v) is 10.1. The van der Waals surface area contributed by atoms with E-state index in [4.69, 9.17) is 4.74 Å². The number of ether oxygens (including phenoxy) is 1. The second-order valence-electron chi connectivity index (χ2n) is 7.16. The van der Waals surface area contributed by atoms with Gasteiger partial charge in [-0.1, -0.05) is 6.42 Å². The Balaban J connectivity index is 1.53. The van der Waals surface area contributed by atoms with Gasteiger partial charge in [-0.15, -0.1) is 0 Å². The van der Waals surface area contributed by atoms with Crippen molar-refractivity contribution in [3.63, 3.8) is 0 Å². The Hall–Kier alpha value is -0.950. The summed E-state index contributed by atoms with van der Waals surface area (Å²) in [5, 5.41) is 9.41. The quantitative estimate of drug-likeness (QED) is 0.413. The third-order valence-electron chi connectivity index (χ3n) is 4.66. The van der Waals surface area contributed by atoms with Crippen LogP contribution in [0.3, 0.4) is 0 Å². The van der Waals surface area contributed by atoms with Crippen LogP contribution in [0.5, 0.6) is 0 Å². The molecule has 0 radical (unpaired) electrons. The fourth-order valence-electron chi connectivity index (χ4n) is 3.33. The van der Waals surface area contributed by atoms with E-state index in [9.17, 15) is 9.59 Å². The second-order valence-corrected chi connectivity index (χ2v) is 8.43. The molecule has 0 aromatic rings. The lowest BCUT2D eigenvalue weighted by molar-refractivity contribution is -0.121. The zero-order valence-electron chi connectivity index (χ0n) is 15.0.